The lowest BCUT2D eigenvalue weighted by Gasteiger charge is -2.27. The molecule has 0 saturated heterocycles. The maximum absolute atomic E-state index is 10.9. The van der Waals surface area contributed by atoms with E-state index >= 15 is 0 Å². The average molecular weight is 220 g/mol. The van der Waals surface area contributed by atoms with Crippen LogP contribution in [0.1, 0.15) is 31.7 Å². The van der Waals surface area contributed by atoms with E-state index in [-0.39, 0.29) is 10.6 Å². The van der Waals surface area contributed by atoms with Crippen molar-refractivity contribution in [2.45, 2.75) is 38.6 Å². The number of hydrogen-bond donors (Lipinski definition) is 1. The molecule has 86 valence electrons. The van der Waals surface area contributed by atoms with Gasteiger partial charge in [0.1, 0.15) is 0 Å². The second kappa shape index (κ2) is 4.51. The van der Waals surface area contributed by atoms with Crippen molar-refractivity contribution in [2.24, 2.45) is 0 Å². The summed E-state index contributed by atoms with van der Waals surface area (Å²) < 4.78 is 0. The molecule has 1 aromatic rings. The highest BCUT2D eigenvalue weighted by Gasteiger charge is 2.19. The van der Waals surface area contributed by atoms with Crippen molar-refractivity contribution in [3.05, 3.63) is 33.9 Å². The van der Waals surface area contributed by atoms with Crippen molar-refractivity contribution < 1.29 is 4.92 Å². The number of aryl methyl sites for hydroxylation is 1. The van der Waals surface area contributed by atoms with Crippen molar-refractivity contribution >= 4 is 11.4 Å². The quantitative estimate of drug-likeness (QED) is 0.626. The van der Waals surface area contributed by atoms with Crippen LogP contribution >= 0.6 is 0 Å². The molecule has 0 aliphatic heterocycles. The lowest BCUT2D eigenvalue weighted by atomic mass is 9.93. The summed E-state index contributed by atoms with van der Waals surface area (Å²) in [6.07, 6.45) is 4.29. The zero-order valence-corrected chi connectivity index (χ0v) is 9.40. The normalized spacial score (nSPS) is 15.6. The van der Waals surface area contributed by atoms with Gasteiger partial charge in [-0.3, -0.25) is 10.1 Å². The molecule has 0 atom stereocenters. The second-order valence-electron chi connectivity index (χ2n) is 4.23. The van der Waals surface area contributed by atoms with Gasteiger partial charge in [-0.25, -0.2) is 0 Å². The molecule has 0 bridgehead atoms. The fourth-order valence-corrected chi connectivity index (χ4v) is 1.91. The molecule has 1 aromatic carbocycles. The van der Waals surface area contributed by atoms with Crippen molar-refractivity contribution in [1.29, 1.82) is 0 Å². The highest BCUT2D eigenvalue weighted by molar-refractivity contribution is 5.55. The molecule has 2 rings (SSSR count). The van der Waals surface area contributed by atoms with E-state index in [4.69, 9.17) is 0 Å². The van der Waals surface area contributed by atoms with Gasteiger partial charge >= 0.3 is 0 Å². The first-order chi connectivity index (χ1) is 7.70. The smallest absolute Gasteiger partial charge is 0.274 e. The van der Waals surface area contributed by atoms with Crippen molar-refractivity contribution in [1.82, 2.24) is 0 Å². The number of nitro groups is 1. The van der Waals surface area contributed by atoms with Crippen LogP contribution in [0.2, 0.25) is 0 Å². The fraction of sp³-hybridized carbons (Fsp3) is 0.500. The van der Waals surface area contributed by atoms with Gasteiger partial charge in [-0.05, 0) is 31.7 Å². The first kappa shape index (κ1) is 10.9. The topological polar surface area (TPSA) is 55.2 Å². The Morgan fingerprint density at radius 3 is 2.75 bits per heavy atom. The minimum Gasteiger partial charge on any atom is -0.382 e. The Bertz CT molecular complexity index is 400. The number of hydrogen-bond acceptors (Lipinski definition) is 3. The lowest BCUT2D eigenvalue weighted by molar-refractivity contribution is -0.385. The van der Waals surface area contributed by atoms with Gasteiger partial charge in [0.25, 0.3) is 5.69 Å². The van der Waals surface area contributed by atoms with Crippen LogP contribution in [-0.4, -0.2) is 11.0 Å². The third-order valence-corrected chi connectivity index (χ3v) is 3.14. The molecule has 1 N–H and O–H groups in total. The number of nitro benzene ring substituents is 1. The molecular formula is C12H16N2O2. The van der Waals surface area contributed by atoms with E-state index in [1.165, 1.54) is 19.3 Å². The van der Waals surface area contributed by atoms with E-state index in [0.717, 1.165) is 11.3 Å². The predicted molar refractivity (Wildman–Crippen MR) is 63.7 cm³/mol. The van der Waals surface area contributed by atoms with E-state index in [0.29, 0.717) is 12.5 Å². The summed E-state index contributed by atoms with van der Waals surface area (Å²) in [5, 5.41) is 14.2. The van der Waals surface area contributed by atoms with E-state index in [1.807, 2.05) is 19.1 Å². The summed E-state index contributed by atoms with van der Waals surface area (Å²) in [5.74, 6) is 0. The van der Waals surface area contributed by atoms with Gasteiger partial charge in [0.05, 0.1) is 4.92 Å². The van der Waals surface area contributed by atoms with Crippen molar-refractivity contribution in [2.75, 3.05) is 5.32 Å². The Labute approximate surface area is 94.8 Å². The first-order valence-corrected chi connectivity index (χ1v) is 5.74. The zero-order valence-electron chi connectivity index (χ0n) is 9.40. The van der Waals surface area contributed by atoms with E-state index in [9.17, 15) is 10.1 Å². The largest absolute Gasteiger partial charge is 0.382 e. The molecule has 0 aromatic heterocycles. The number of benzene rings is 1. The molecular weight excluding hydrogens is 204 g/mol. The Morgan fingerprint density at radius 2 is 2.25 bits per heavy atom. The number of anilines is 1. The number of rotatable bonds is 4. The molecule has 4 nitrogen and oxygen atoms in total. The van der Waals surface area contributed by atoms with Gasteiger partial charge in [-0.1, -0.05) is 13.0 Å². The molecule has 0 spiro atoms. The zero-order chi connectivity index (χ0) is 11.5. The summed E-state index contributed by atoms with van der Waals surface area (Å²) in [6, 6.07) is 5.94. The van der Waals surface area contributed by atoms with Crippen LogP contribution in [0.3, 0.4) is 0 Å². The van der Waals surface area contributed by atoms with Crippen molar-refractivity contribution in [3.8, 4) is 0 Å². The van der Waals surface area contributed by atoms with Crippen LogP contribution in [0.25, 0.3) is 0 Å². The molecule has 1 aliphatic rings. The summed E-state index contributed by atoms with van der Waals surface area (Å²) in [7, 11) is 0. The number of nitrogens with zero attached hydrogens (tertiary/aromatic N) is 1. The minimum absolute atomic E-state index is 0.229. The maximum Gasteiger partial charge on any atom is 0.274 e. The summed E-state index contributed by atoms with van der Waals surface area (Å²) in [5.41, 5.74) is 1.89. The molecule has 1 saturated carbocycles. The minimum atomic E-state index is -0.301. The lowest BCUT2D eigenvalue weighted by Crippen LogP contribution is -2.26. The van der Waals surface area contributed by atoms with E-state index in [2.05, 4.69) is 5.32 Å². The van der Waals surface area contributed by atoms with Gasteiger partial charge in [0, 0.05) is 23.4 Å². The summed E-state index contributed by atoms with van der Waals surface area (Å²) >= 11 is 0. The molecule has 0 amide bonds. The fourth-order valence-electron chi connectivity index (χ4n) is 1.91. The molecule has 16 heavy (non-hydrogen) atoms. The van der Waals surface area contributed by atoms with Gasteiger partial charge in [0.15, 0.2) is 0 Å². The van der Waals surface area contributed by atoms with Crippen molar-refractivity contribution in [3.63, 3.8) is 0 Å². The molecule has 0 unspecified atom stereocenters. The molecule has 1 aliphatic carbocycles. The van der Waals surface area contributed by atoms with Crippen LogP contribution in [0, 0.1) is 10.1 Å². The van der Waals surface area contributed by atoms with E-state index < -0.39 is 0 Å². The van der Waals surface area contributed by atoms with Crippen LogP contribution in [0.5, 0.6) is 0 Å². The Balaban J connectivity index is 2.20. The highest BCUT2D eigenvalue weighted by Crippen LogP contribution is 2.27. The summed E-state index contributed by atoms with van der Waals surface area (Å²) in [6.45, 7) is 1.93. The van der Waals surface area contributed by atoms with Gasteiger partial charge in [-0.2, -0.15) is 0 Å². The van der Waals surface area contributed by atoms with E-state index in [1.54, 1.807) is 6.07 Å². The third kappa shape index (κ3) is 2.15. The third-order valence-electron chi connectivity index (χ3n) is 3.14. The molecule has 1 fully saturated rings. The van der Waals surface area contributed by atoms with Crippen LogP contribution in [-0.2, 0) is 6.42 Å². The Morgan fingerprint density at radius 1 is 1.50 bits per heavy atom. The average Bonchev–Trinajstić information content (AvgIpc) is 2.23. The second-order valence-corrected chi connectivity index (χ2v) is 4.23. The van der Waals surface area contributed by atoms with Gasteiger partial charge < -0.3 is 5.32 Å². The summed E-state index contributed by atoms with van der Waals surface area (Å²) in [4.78, 5) is 10.6. The molecule has 4 heteroatoms. The Hall–Kier alpha value is -1.58. The standard InChI is InChI=1S/C12H16N2O2/c1-2-9-6-7-11(8-12(9)14(15)16)13-10-4-3-5-10/h6-8,10,13H,2-5H2,1H3. The SMILES string of the molecule is CCc1ccc(NC2CCC2)cc1[N+](=O)[O-]. The van der Waals surface area contributed by atoms with Gasteiger partial charge in [0.2, 0.25) is 0 Å². The molecule has 0 heterocycles. The predicted octanol–water partition coefficient (Wildman–Crippen LogP) is 3.12. The van der Waals surface area contributed by atoms with Crippen LogP contribution < -0.4 is 5.32 Å². The monoisotopic (exact) mass is 220 g/mol. The first-order valence-electron chi connectivity index (χ1n) is 5.74. The Kier molecular flexibility index (Phi) is 3.08. The molecule has 0 radical (unpaired) electrons. The maximum atomic E-state index is 10.9. The highest BCUT2D eigenvalue weighted by atomic mass is 16.6. The van der Waals surface area contributed by atoms with Crippen LogP contribution in [0.4, 0.5) is 11.4 Å². The van der Waals surface area contributed by atoms with Crippen LogP contribution in [0.15, 0.2) is 18.2 Å². The van der Waals surface area contributed by atoms with Gasteiger partial charge in [-0.15, -0.1) is 0 Å². The number of nitrogens with one attached hydrogen (secondary N) is 1.